The third-order valence-electron chi connectivity index (χ3n) is 4.47. The molecule has 21 heavy (non-hydrogen) atoms. The van der Waals surface area contributed by atoms with Crippen LogP contribution >= 0.6 is 15.9 Å². The minimum absolute atomic E-state index is 0.0470. The second-order valence-electron chi connectivity index (χ2n) is 5.83. The quantitative estimate of drug-likeness (QED) is 0.757. The lowest BCUT2D eigenvalue weighted by Crippen LogP contribution is -2.45. The van der Waals surface area contributed by atoms with Gasteiger partial charge in [0.05, 0.1) is 10.1 Å². The van der Waals surface area contributed by atoms with Crippen LogP contribution in [0.2, 0.25) is 0 Å². The molecule has 3 rings (SSSR count). The van der Waals surface area contributed by atoms with Crippen LogP contribution in [0, 0.1) is 11.7 Å². The minimum atomic E-state index is -0.348. The van der Waals surface area contributed by atoms with Crippen molar-refractivity contribution >= 4 is 21.7 Å². The van der Waals surface area contributed by atoms with E-state index in [0.29, 0.717) is 29.9 Å². The Morgan fingerprint density at radius 1 is 1.29 bits per heavy atom. The van der Waals surface area contributed by atoms with Crippen molar-refractivity contribution in [3.8, 4) is 0 Å². The molecule has 0 amide bonds. The zero-order valence-electron chi connectivity index (χ0n) is 11.7. The van der Waals surface area contributed by atoms with Crippen LogP contribution < -0.4 is 0 Å². The summed E-state index contributed by atoms with van der Waals surface area (Å²) in [5, 5.41) is 0. The molecule has 1 aromatic carbocycles. The van der Waals surface area contributed by atoms with E-state index in [1.165, 1.54) is 6.07 Å². The van der Waals surface area contributed by atoms with Crippen molar-refractivity contribution in [1.29, 1.82) is 0 Å². The van der Waals surface area contributed by atoms with Gasteiger partial charge in [-0.1, -0.05) is 0 Å². The van der Waals surface area contributed by atoms with E-state index in [1.54, 1.807) is 12.1 Å². The summed E-state index contributed by atoms with van der Waals surface area (Å²) in [6, 6.07) is 4.47. The average Bonchev–Trinajstić information content (AvgIpc) is 2.50. The van der Waals surface area contributed by atoms with Crippen molar-refractivity contribution in [2.75, 3.05) is 19.8 Å². The van der Waals surface area contributed by atoms with E-state index < -0.39 is 0 Å². The lowest BCUT2D eigenvalue weighted by atomic mass is 9.78. The molecular formula is C16H18BrFO3. The van der Waals surface area contributed by atoms with Gasteiger partial charge in [0, 0.05) is 31.3 Å². The molecule has 2 saturated heterocycles. The van der Waals surface area contributed by atoms with Crippen LogP contribution in [0.1, 0.15) is 36.0 Å². The Labute approximate surface area is 131 Å². The molecule has 0 bridgehead atoms. The van der Waals surface area contributed by atoms with Crippen molar-refractivity contribution in [1.82, 2.24) is 0 Å². The van der Waals surface area contributed by atoms with Gasteiger partial charge in [-0.2, -0.15) is 0 Å². The summed E-state index contributed by atoms with van der Waals surface area (Å²) >= 11 is 3.14. The molecule has 2 aliphatic heterocycles. The van der Waals surface area contributed by atoms with Crippen molar-refractivity contribution in [2.24, 2.45) is 5.92 Å². The summed E-state index contributed by atoms with van der Waals surface area (Å²) in [4.78, 5) is 12.7. The van der Waals surface area contributed by atoms with E-state index in [9.17, 15) is 9.18 Å². The minimum Gasteiger partial charge on any atom is -0.381 e. The van der Waals surface area contributed by atoms with Gasteiger partial charge in [-0.05, 0) is 59.8 Å². The predicted octanol–water partition coefficient (Wildman–Crippen LogP) is 3.75. The van der Waals surface area contributed by atoms with Crippen LogP contribution in [0.5, 0.6) is 0 Å². The van der Waals surface area contributed by atoms with Crippen LogP contribution in [0.25, 0.3) is 0 Å². The summed E-state index contributed by atoms with van der Waals surface area (Å²) in [7, 11) is 0. The number of ketones is 1. The van der Waals surface area contributed by atoms with Crippen molar-refractivity contribution in [2.45, 2.75) is 31.3 Å². The lowest BCUT2D eigenvalue weighted by Gasteiger charge is -2.42. The second kappa shape index (κ2) is 6.15. The summed E-state index contributed by atoms with van der Waals surface area (Å²) < 4.78 is 25.0. The molecule has 2 aliphatic rings. The Morgan fingerprint density at radius 2 is 2.05 bits per heavy atom. The van der Waals surface area contributed by atoms with E-state index >= 15 is 0 Å². The number of halogens is 2. The number of carbonyl (C=O) groups is 1. The molecule has 114 valence electrons. The van der Waals surface area contributed by atoms with Crippen LogP contribution in [-0.4, -0.2) is 31.2 Å². The first-order chi connectivity index (χ1) is 10.1. The van der Waals surface area contributed by atoms with Gasteiger partial charge in [-0.25, -0.2) is 4.39 Å². The van der Waals surface area contributed by atoms with Crippen LogP contribution in [0.15, 0.2) is 22.7 Å². The molecule has 0 N–H and O–H groups in total. The molecular weight excluding hydrogens is 339 g/mol. The highest BCUT2D eigenvalue weighted by molar-refractivity contribution is 9.10. The fourth-order valence-corrected chi connectivity index (χ4v) is 3.61. The number of rotatable bonds is 2. The summed E-state index contributed by atoms with van der Waals surface area (Å²) in [6.07, 6.45) is 3.18. The monoisotopic (exact) mass is 356 g/mol. The third kappa shape index (κ3) is 3.20. The molecule has 0 aromatic heterocycles. The molecule has 0 aliphatic carbocycles. The Bertz CT molecular complexity index is 535. The summed E-state index contributed by atoms with van der Waals surface area (Å²) in [6.45, 7) is 2.00. The second-order valence-corrected chi connectivity index (χ2v) is 6.68. The molecule has 1 aromatic rings. The van der Waals surface area contributed by atoms with E-state index in [1.807, 2.05) is 0 Å². The van der Waals surface area contributed by atoms with Crippen LogP contribution in [-0.2, 0) is 9.47 Å². The predicted molar refractivity (Wildman–Crippen MR) is 79.9 cm³/mol. The van der Waals surface area contributed by atoms with Crippen molar-refractivity contribution in [3.05, 3.63) is 34.1 Å². The zero-order chi connectivity index (χ0) is 14.9. The van der Waals surface area contributed by atoms with Crippen molar-refractivity contribution < 1.29 is 18.7 Å². The number of ether oxygens (including phenoxy) is 2. The van der Waals surface area contributed by atoms with Gasteiger partial charge in [-0.15, -0.1) is 0 Å². The SMILES string of the molecule is O=C(c1ccc(F)c(Br)c1)C1CCOC2(CCOCC2)C1. The van der Waals surface area contributed by atoms with Gasteiger partial charge in [0.1, 0.15) is 5.82 Å². The Hall–Kier alpha value is -0.780. The fourth-order valence-electron chi connectivity index (χ4n) is 3.23. The van der Waals surface area contributed by atoms with Gasteiger partial charge < -0.3 is 9.47 Å². The van der Waals surface area contributed by atoms with E-state index in [4.69, 9.17) is 9.47 Å². The molecule has 3 nitrogen and oxygen atoms in total. The maximum Gasteiger partial charge on any atom is 0.166 e. The van der Waals surface area contributed by atoms with Gasteiger partial charge in [-0.3, -0.25) is 4.79 Å². The Kier molecular flexibility index (Phi) is 4.43. The molecule has 1 spiro atoms. The molecule has 1 atom stereocenters. The first-order valence-electron chi connectivity index (χ1n) is 7.31. The van der Waals surface area contributed by atoms with Gasteiger partial charge in [0.2, 0.25) is 0 Å². The highest BCUT2D eigenvalue weighted by Crippen LogP contribution is 2.38. The van der Waals surface area contributed by atoms with Gasteiger partial charge in [0.25, 0.3) is 0 Å². The maximum atomic E-state index is 13.3. The topological polar surface area (TPSA) is 35.5 Å². The first-order valence-corrected chi connectivity index (χ1v) is 8.10. The molecule has 2 heterocycles. The van der Waals surface area contributed by atoms with Gasteiger partial charge in [0.15, 0.2) is 5.78 Å². The highest BCUT2D eigenvalue weighted by atomic mass is 79.9. The zero-order valence-corrected chi connectivity index (χ0v) is 13.3. The Balaban J connectivity index is 1.76. The van der Waals surface area contributed by atoms with E-state index in [-0.39, 0.29) is 23.1 Å². The first kappa shape index (κ1) is 15.1. The largest absolute Gasteiger partial charge is 0.381 e. The molecule has 0 radical (unpaired) electrons. The summed E-state index contributed by atoms with van der Waals surface area (Å²) in [5.74, 6) is -0.307. The number of hydrogen-bond donors (Lipinski definition) is 0. The van der Waals surface area contributed by atoms with Crippen molar-refractivity contribution in [3.63, 3.8) is 0 Å². The van der Waals surface area contributed by atoms with E-state index in [0.717, 1.165) is 25.7 Å². The smallest absolute Gasteiger partial charge is 0.166 e. The van der Waals surface area contributed by atoms with Crippen LogP contribution in [0.4, 0.5) is 4.39 Å². The van der Waals surface area contributed by atoms with E-state index in [2.05, 4.69) is 15.9 Å². The highest BCUT2D eigenvalue weighted by Gasteiger charge is 2.41. The lowest BCUT2D eigenvalue weighted by molar-refractivity contribution is -0.142. The standard InChI is InChI=1S/C16H18BrFO3/c17-13-9-11(1-2-14(13)18)15(19)12-3-6-21-16(10-12)4-7-20-8-5-16/h1-2,9,12H,3-8,10H2. The summed E-state index contributed by atoms with van der Waals surface area (Å²) in [5.41, 5.74) is 0.367. The Morgan fingerprint density at radius 3 is 2.76 bits per heavy atom. The number of carbonyl (C=O) groups excluding carboxylic acids is 1. The molecule has 5 heteroatoms. The number of Topliss-reactive ketones (excluding diaryl/α,β-unsaturated/α-hetero) is 1. The number of benzene rings is 1. The molecule has 0 saturated carbocycles. The van der Waals surface area contributed by atoms with Crippen LogP contribution in [0.3, 0.4) is 0 Å². The normalized spacial score (nSPS) is 25.0. The third-order valence-corrected chi connectivity index (χ3v) is 5.08. The molecule has 2 fully saturated rings. The fraction of sp³-hybridized carbons (Fsp3) is 0.562. The van der Waals surface area contributed by atoms with Gasteiger partial charge >= 0.3 is 0 Å². The number of hydrogen-bond acceptors (Lipinski definition) is 3. The molecule has 1 unspecified atom stereocenters. The average molecular weight is 357 g/mol. The maximum absolute atomic E-state index is 13.3.